The highest BCUT2D eigenvalue weighted by molar-refractivity contribution is 4.83. The lowest BCUT2D eigenvalue weighted by molar-refractivity contribution is -0.101. The lowest BCUT2D eigenvalue weighted by Gasteiger charge is -2.51. The first-order valence-corrected chi connectivity index (χ1v) is 4.40. The van der Waals surface area contributed by atoms with Crippen molar-refractivity contribution in [3.63, 3.8) is 0 Å². The molecule has 1 aliphatic heterocycles. The average molecular weight is 156 g/mol. The zero-order chi connectivity index (χ0) is 8.65. The number of rotatable bonds is 1. The van der Waals surface area contributed by atoms with Crippen LogP contribution in [0.1, 0.15) is 34.6 Å². The molecule has 0 aromatic heterocycles. The Balaban J connectivity index is 2.30. The summed E-state index contributed by atoms with van der Waals surface area (Å²) < 4.78 is 0. The monoisotopic (exact) mass is 156 g/mol. The second kappa shape index (κ2) is 2.76. The molecule has 0 bridgehead atoms. The van der Waals surface area contributed by atoms with Crippen LogP contribution in [0, 0.1) is 0 Å². The van der Waals surface area contributed by atoms with E-state index in [1.807, 2.05) is 0 Å². The largest absolute Gasteiger partial charge is 0.275 e. The molecular weight excluding hydrogens is 136 g/mol. The van der Waals surface area contributed by atoms with Gasteiger partial charge in [-0.25, -0.2) is 0 Å². The van der Waals surface area contributed by atoms with Crippen LogP contribution >= 0.6 is 0 Å². The predicted octanol–water partition coefficient (Wildman–Crippen LogP) is 1.73. The van der Waals surface area contributed by atoms with Gasteiger partial charge in [0.05, 0.1) is 13.3 Å². The van der Waals surface area contributed by atoms with Gasteiger partial charge in [-0.15, -0.1) is 0 Å². The summed E-state index contributed by atoms with van der Waals surface area (Å²) in [7, 11) is 0. The molecule has 0 aromatic rings. The van der Waals surface area contributed by atoms with Gasteiger partial charge in [0, 0.05) is 11.6 Å². The van der Waals surface area contributed by atoms with E-state index in [0.717, 1.165) is 13.3 Å². The molecule has 11 heavy (non-hydrogen) atoms. The van der Waals surface area contributed by atoms with E-state index in [2.05, 4.69) is 44.4 Å². The Morgan fingerprint density at radius 3 is 1.82 bits per heavy atom. The van der Waals surface area contributed by atoms with Gasteiger partial charge < -0.3 is 0 Å². The summed E-state index contributed by atoms with van der Waals surface area (Å²) in [5.41, 5.74) is 0.353. The standard InChI is InChI=1S/C9H20N2/c1-8(2)10-6-11(7-10)9(3,4)5/h8H,6-7H2,1-5H3. The first-order valence-electron chi connectivity index (χ1n) is 4.40. The summed E-state index contributed by atoms with van der Waals surface area (Å²) in [5, 5.41) is 0. The second-order valence-electron chi connectivity index (χ2n) is 4.68. The first kappa shape index (κ1) is 9.01. The van der Waals surface area contributed by atoms with Crippen LogP contribution in [-0.2, 0) is 0 Å². The molecule has 0 N–H and O–H groups in total. The highest BCUT2D eigenvalue weighted by Gasteiger charge is 2.33. The minimum atomic E-state index is 0.353. The van der Waals surface area contributed by atoms with Crippen LogP contribution in [-0.4, -0.2) is 34.7 Å². The Labute approximate surface area is 70.2 Å². The molecule has 66 valence electrons. The highest BCUT2D eigenvalue weighted by atomic mass is 15.5. The van der Waals surface area contributed by atoms with Gasteiger partial charge in [0.25, 0.3) is 0 Å². The van der Waals surface area contributed by atoms with Crippen molar-refractivity contribution >= 4 is 0 Å². The maximum atomic E-state index is 2.48. The number of hydrogen-bond donors (Lipinski definition) is 0. The van der Waals surface area contributed by atoms with Gasteiger partial charge in [0.15, 0.2) is 0 Å². The first-order chi connectivity index (χ1) is 4.91. The Morgan fingerprint density at radius 2 is 1.55 bits per heavy atom. The fourth-order valence-electron chi connectivity index (χ4n) is 1.15. The van der Waals surface area contributed by atoms with Gasteiger partial charge in [-0.3, -0.25) is 9.80 Å². The quantitative estimate of drug-likeness (QED) is 0.570. The molecule has 0 amide bonds. The third kappa shape index (κ3) is 1.94. The van der Waals surface area contributed by atoms with E-state index in [-0.39, 0.29) is 0 Å². The molecule has 0 atom stereocenters. The van der Waals surface area contributed by atoms with E-state index in [4.69, 9.17) is 0 Å². The van der Waals surface area contributed by atoms with Crippen molar-refractivity contribution in [3.8, 4) is 0 Å². The number of nitrogens with zero attached hydrogens (tertiary/aromatic N) is 2. The van der Waals surface area contributed by atoms with E-state index < -0.39 is 0 Å². The molecule has 1 rings (SSSR count). The molecule has 0 saturated carbocycles. The second-order valence-corrected chi connectivity index (χ2v) is 4.68. The lowest BCUT2D eigenvalue weighted by Crippen LogP contribution is -2.63. The Bertz CT molecular complexity index is 129. The molecule has 1 heterocycles. The molecule has 0 aromatic carbocycles. The Kier molecular flexibility index (Phi) is 2.26. The molecule has 0 spiro atoms. The smallest absolute Gasteiger partial charge is 0.0537 e. The molecule has 0 radical (unpaired) electrons. The van der Waals surface area contributed by atoms with Crippen LogP contribution in [0.15, 0.2) is 0 Å². The summed E-state index contributed by atoms with van der Waals surface area (Å²) >= 11 is 0. The van der Waals surface area contributed by atoms with Crippen molar-refractivity contribution in [2.45, 2.75) is 46.2 Å². The Morgan fingerprint density at radius 1 is 1.09 bits per heavy atom. The van der Waals surface area contributed by atoms with Crippen molar-refractivity contribution in [3.05, 3.63) is 0 Å². The van der Waals surface area contributed by atoms with E-state index >= 15 is 0 Å². The van der Waals surface area contributed by atoms with Gasteiger partial charge >= 0.3 is 0 Å². The van der Waals surface area contributed by atoms with Gasteiger partial charge in [-0.1, -0.05) is 0 Å². The SMILES string of the molecule is CC(C)N1CN(C(C)(C)C)C1. The van der Waals surface area contributed by atoms with Crippen LogP contribution in [0.25, 0.3) is 0 Å². The van der Waals surface area contributed by atoms with Gasteiger partial charge in [0.1, 0.15) is 0 Å². The molecule has 2 heteroatoms. The van der Waals surface area contributed by atoms with Crippen molar-refractivity contribution in [2.24, 2.45) is 0 Å². The summed E-state index contributed by atoms with van der Waals surface area (Å²) in [5.74, 6) is 0. The van der Waals surface area contributed by atoms with Crippen LogP contribution < -0.4 is 0 Å². The zero-order valence-corrected chi connectivity index (χ0v) is 8.39. The summed E-state index contributed by atoms with van der Waals surface area (Å²) in [4.78, 5) is 4.94. The van der Waals surface area contributed by atoms with Crippen molar-refractivity contribution in [1.82, 2.24) is 9.80 Å². The van der Waals surface area contributed by atoms with Crippen molar-refractivity contribution in [2.75, 3.05) is 13.3 Å². The normalized spacial score (nSPS) is 22.4. The highest BCUT2D eigenvalue weighted by Crippen LogP contribution is 2.22. The van der Waals surface area contributed by atoms with Crippen molar-refractivity contribution in [1.29, 1.82) is 0 Å². The van der Waals surface area contributed by atoms with Crippen LogP contribution in [0.4, 0.5) is 0 Å². The fraction of sp³-hybridized carbons (Fsp3) is 1.00. The molecule has 1 fully saturated rings. The molecule has 1 aliphatic rings. The van der Waals surface area contributed by atoms with Gasteiger partial charge in [-0.2, -0.15) is 0 Å². The lowest BCUT2D eigenvalue weighted by atomic mass is 10.1. The van der Waals surface area contributed by atoms with E-state index in [1.54, 1.807) is 0 Å². The van der Waals surface area contributed by atoms with Crippen LogP contribution in [0.5, 0.6) is 0 Å². The topological polar surface area (TPSA) is 6.48 Å². The zero-order valence-electron chi connectivity index (χ0n) is 8.39. The van der Waals surface area contributed by atoms with Gasteiger partial charge in [0.2, 0.25) is 0 Å². The predicted molar refractivity (Wildman–Crippen MR) is 48.3 cm³/mol. The maximum Gasteiger partial charge on any atom is 0.0537 e. The summed E-state index contributed by atoms with van der Waals surface area (Å²) in [6.07, 6.45) is 0. The molecule has 0 unspecified atom stereocenters. The summed E-state index contributed by atoms with van der Waals surface area (Å²) in [6.45, 7) is 13.6. The Hall–Kier alpha value is -0.0800. The third-order valence-corrected chi connectivity index (χ3v) is 2.38. The minimum Gasteiger partial charge on any atom is -0.275 e. The third-order valence-electron chi connectivity index (χ3n) is 2.38. The molecule has 0 aliphatic carbocycles. The molecule has 1 saturated heterocycles. The minimum absolute atomic E-state index is 0.353. The van der Waals surface area contributed by atoms with Crippen LogP contribution in [0.2, 0.25) is 0 Å². The summed E-state index contributed by atoms with van der Waals surface area (Å²) in [6, 6.07) is 0.702. The number of hydrogen-bond acceptors (Lipinski definition) is 2. The van der Waals surface area contributed by atoms with Crippen molar-refractivity contribution < 1.29 is 0 Å². The van der Waals surface area contributed by atoms with E-state index in [0.29, 0.717) is 11.6 Å². The van der Waals surface area contributed by atoms with Crippen LogP contribution in [0.3, 0.4) is 0 Å². The maximum absolute atomic E-state index is 2.48. The van der Waals surface area contributed by atoms with E-state index in [1.165, 1.54) is 0 Å². The molecule has 2 nitrogen and oxygen atoms in total. The van der Waals surface area contributed by atoms with Gasteiger partial charge in [-0.05, 0) is 34.6 Å². The fourth-order valence-corrected chi connectivity index (χ4v) is 1.15. The molecular formula is C9H20N2. The average Bonchev–Trinajstić information content (AvgIpc) is 1.51. The van der Waals surface area contributed by atoms with E-state index in [9.17, 15) is 0 Å².